The normalized spacial score (nSPS) is 12.5. The van der Waals surface area contributed by atoms with Crippen molar-refractivity contribution in [2.24, 2.45) is 0 Å². The third kappa shape index (κ3) is 6.09. The van der Waals surface area contributed by atoms with Crippen molar-refractivity contribution in [1.82, 2.24) is 5.32 Å². The number of hydrogen-bond acceptors (Lipinski definition) is 3. The molecule has 0 saturated carbocycles. The SMILES string of the molecule is C[NH+](C)[C@H](CNC(=O)COC(=O)c1ccc(C(F)(F)F)cc1)c1ccccc1. The molecule has 0 heterocycles. The minimum Gasteiger partial charge on any atom is -0.452 e. The van der Waals surface area contributed by atoms with E-state index in [0.29, 0.717) is 6.54 Å². The Labute approximate surface area is 161 Å². The Balaban J connectivity index is 1.85. The van der Waals surface area contributed by atoms with Crippen LogP contribution in [0, 0.1) is 0 Å². The number of esters is 1. The molecule has 0 aromatic heterocycles. The lowest BCUT2D eigenvalue weighted by molar-refractivity contribution is -0.890. The summed E-state index contributed by atoms with van der Waals surface area (Å²) < 4.78 is 42.5. The highest BCUT2D eigenvalue weighted by molar-refractivity contribution is 5.91. The Morgan fingerprint density at radius 2 is 1.64 bits per heavy atom. The first-order valence-corrected chi connectivity index (χ1v) is 8.64. The third-order valence-electron chi connectivity index (χ3n) is 4.18. The van der Waals surface area contributed by atoms with Gasteiger partial charge in [-0.1, -0.05) is 30.3 Å². The Kier molecular flexibility index (Phi) is 7.17. The van der Waals surface area contributed by atoms with Gasteiger partial charge in [-0.2, -0.15) is 13.2 Å². The van der Waals surface area contributed by atoms with Gasteiger partial charge in [0.1, 0.15) is 6.04 Å². The molecule has 0 bridgehead atoms. The van der Waals surface area contributed by atoms with Crippen LogP contribution in [0.4, 0.5) is 13.2 Å². The second-order valence-corrected chi connectivity index (χ2v) is 6.50. The minimum absolute atomic E-state index is 0.0239. The van der Waals surface area contributed by atoms with Gasteiger partial charge in [0.25, 0.3) is 5.91 Å². The van der Waals surface area contributed by atoms with Crippen molar-refractivity contribution in [3.63, 3.8) is 0 Å². The van der Waals surface area contributed by atoms with Gasteiger partial charge in [0.05, 0.1) is 31.8 Å². The highest BCUT2D eigenvalue weighted by Crippen LogP contribution is 2.29. The highest BCUT2D eigenvalue weighted by atomic mass is 19.4. The van der Waals surface area contributed by atoms with E-state index in [-0.39, 0.29) is 11.6 Å². The smallest absolute Gasteiger partial charge is 0.416 e. The van der Waals surface area contributed by atoms with Crippen molar-refractivity contribution >= 4 is 11.9 Å². The molecule has 28 heavy (non-hydrogen) atoms. The summed E-state index contributed by atoms with van der Waals surface area (Å²) in [4.78, 5) is 25.0. The fourth-order valence-corrected chi connectivity index (χ4v) is 2.62. The number of halogens is 3. The number of amides is 1. The van der Waals surface area contributed by atoms with Crippen molar-refractivity contribution in [3.8, 4) is 0 Å². The van der Waals surface area contributed by atoms with E-state index in [9.17, 15) is 22.8 Å². The number of quaternary nitrogens is 1. The van der Waals surface area contributed by atoms with Crippen molar-refractivity contribution in [3.05, 3.63) is 71.3 Å². The third-order valence-corrected chi connectivity index (χ3v) is 4.18. The van der Waals surface area contributed by atoms with E-state index in [1.807, 2.05) is 44.4 Å². The summed E-state index contributed by atoms with van der Waals surface area (Å²) >= 11 is 0. The van der Waals surface area contributed by atoms with Gasteiger partial charge in [0.15, 0.2) is 6.61 Å². The number of nitrogens with one attached hydrogen (secondary N) is 2. The first kappa shape index (κ1) is 21.4. The molecule has 2 aromatic carbocycles. The maximum absolute atomic E-state index is 12.5. The van der Waals surface area contributed by atoms with Crippen molar-refractivity contribution in [2.45, 2.75) is 12.2 Å². The van der Waals surface area contributed by atoms with Gasteiger partial charge in [-0.25, -0.2) is 4.79 Å². The summed E-state index contributed by atoms with van der Waals surface area (Å²) in [5.74, 6) is -1.34. The lowest BCUT2D eigenvalue weighted by Crippen LogP contribution is -3.07. The van der Waals surface area contributed by atoms with Crippen LogP contribution in [-0.2, 0) is 15.7 Å². The lowest BCUT2D eigenvalue weighted by Gasteiger charge is -2.22. The largest absolute Gasteiger partial charge is 0.452 e. The molecular weight excluding hydrogens is 373 g/mol. The topological polar surface area (TPSA) is 59.8 Å². The molecule has 0 saturated heterocycles. The molecule has 8 heteroatoms. The lowest BCUT2D eigenvalue weighted by atomic mass is 10.1. The van der Waals surface area contributed by atoms with Crippen molar-refractivity contribution in [2.75, 3.05) is 27.2 Å². The number of carbonyl (C=O) groups excluding carboxylic acids is 2. The van der Waals surface area contributed by atoms with Crippen LogP contribution in [0.3, 0.4) is 0 Å². The van der Waals surface area contributed by atoms with E-state index in [1.165, 1.54) is 0 Å². The Morgan fingerprint density at radius 1 is 1.04 bits per heavy atom. The molecule has 2 N–H and O–H groups in total. The Hall–Kier alpha value is -2.87. The van der Waals surface area contributed by atoms with E-state index in [0.717, 1.165) is 34.7 Å². The molecule has 2 rings (SSSR count). The zero-order valence-corrected chi connectivity index (χ0v) is 15.5. The first-order valence-electron chi connectivity index (χ1n) is 8.64. The van der Waals surface area contributed by atoms with Gasteiger partial charge in [-0.05, 0) is 24.3 Å². The molecule has 2 aromatic rings. The number of ether oxygens (including phenoxy) is 1. The van der Waals surface area contributed by atoms with Crippen LogP contribution in [-0.4, -0.2) is 39.1 Å². The van der Waals surface area contributed by atoms with Crippen LogP contribution < -0.4 is 10.2 Å². The van der Waals surface area contributed by atoms with Crippen molar-refractivity contribution < 1.29 is 32.4 Å². The van der Waals surface area contributed by atoms with Gasteiger partial charge in [-0.3, -0.25) is 4.79 Å². The quantitative estimate of drug-likeness (QED) is 0.704. The summed E-state index contributed by atoms with van der Waals surface area (Å²) in [6.07, 6.45) is -4.48. The number of hydrogen-bond donors (Lipinski definition) is 2. The molecule has 0 aliphatic heterocycles. The summed E-state index contributed by atoms with van der Waals surface area (Å²) in [6, 6.07) is 13.3. The van der Waals surface area contributed by atoms with Gasteiger partial charge in [0, 0.05) is 5.56 Å². The van der Waals surface area contributed by atoms with E-state index in [1.54, 1.807) is 0 Å². The van der Waals surface area contributed by atoms with Crippen LogP contribution in [0.5, 0.6) is 0 Å². The molecule has 0 aliphatic rings. The molecule has 5 nitrogen and oxygen atoms in total. The van der Waals surface area contributed by atoms with E-state index in [2.05, 4.69) is 5.32 Å². The van der Waals surface area contributed by atoms with Gasteiger partial charge in [0.2, 0.25) is 0 Å². The average molecular weight is 395 g/mol. The van der Waals surface area contributed by atoms with Crippen LogP contribution in [0.15, 0.2) is 54.6 Å². The van der Waals surface area contributed by atoms with E-state index in [4.69, 9.17) is 4.74 Å². The monoisotopic (exact) mass is 395 g/mol. The van der Waals surface area contributed by atoms with Gasteiger partial charge < -0.3 is 15.0 Å². The Bertz CT molecular complexity index is 791. The maximum atomic E-state index is 12.5. The molecular formula is C20H22F3N2O3+. The molecule has 0 fully saturated rings. The maximum Gasteiger partial charge on any atom is 0.416 e. The average Bonchev–Trinajstić information content (AvgIpc) is 2.66. The van der Waals surface area contributed by atoms with Crippen LogP contribution >= 0.6 is 0 Å². The summed E-state index contributed by atoms with van der Waals surface area (Å²) in [5, 5.41) is 2.71. The zero-order chi connectivity index (χ0) is 20.7. The van der Waals surface area contributed by atoms with Crippen LogP contribution in [0.1, 0.15) is 27.5 Å². The molecule has 150 valence electrons. The zero-order valence-electron chi connectivity index (χ0n) is 15.5. The highest BCUT2D eigenvalue weighted by Gasteiger charge is 2.30. The van der Waals surface area contributed by atoms with Gasteiger partial charge >= 0.3 is 12.1 Å². The Morgan fingerprint density at radius 3 is 2.18 bits per heavy atom. The van der Waals surface area contributed by atoms with Crippen molar-refractivity contribution in [1.29, 1.82) is 0 Å². The summed E-state index contributed by atoms with van der Waals surface area (Å²) in [6.45, 7) is -0.160. The molecule has 1 amide bonds. The second-order valence-electron chi connectivity index (χ2n) is 6.50. The van der Waals surface area contributed by atoms with Gasteiger partial charge in [-0.15, -0.1) is 0 Å². The number of likely N-dealkylation sites (N-methyl/N-ethyl adjacent to an activating group) is 1. The van der Waals surface area contributed by atoms with E-state index < -0.39 is 30.2 Å². The molecule has 1 atom stereocenters. The molecule has 0 radical (unpaired) electrons. The van der Waals surface area contributed by atoms with E-state index >= 15 is 0 Å². The number of benzene rings is 2. The summed E-state index contributed by atoms with van der Waals surface area (Å²) in [7, 11) is 3.93. The first-order chi connectivity index (χ1) is 13.2. The fourth-order valence-electron chi connectivity index (χ4n) is 2.62. The number of alkyl halides is 3. The van der Waals surface area contributed by atoms with Crippen LogP contribution in [0.2, 0.25) is 0 Å². The summed E-state index contributed by atoms with van der Waals surface area (Å²) in [5.41, 5.74) is 0.144. The fraction of sp³-hybridized carbons (Fsp3) is 0.300. The number of carbonyl (C=O) groups is 2. The van der Waals surface area contributed by atoms with Crippen LogP contribution in [0.25, 0.3) is 0 Å². The molecule has 0 spiro atoms. The molecule has 0 unspecified atom stereocenters. The standard InChI is InChI=1S/C20H21F3N2O3/c1-25(2)17(14-6-4-3-5-7-14)12-24-18(26)13-28-19(27)15-8-10-16(11-9-15)20(21,22)23/h3-11,17H,12-13H2,1-2H3,(H,24,26)/p+1/t17-/m1/s1. The predicted molar refractivity (Wildman–Crippen MR) is 96.7 cm³/mol. The minimum atomic E-state index is -4.48. The second kappa shape index (κ2) is 9.36. The predicted octanol–water partition coefficient (Wildman–Crippen LogP) is 1.86. The molecule has 0 aliphatic carbocycles. The number of rotatable bonds is 7.